The number of hydrogen-bond donors (Lipinski definition) is 0. The number of hydrogen-bond acceptors (Lipinski definition) is 0. The number of rotatable bonds is 3. The first-order chi connectivity index (χ1) is 9.65. The van der Waals surface area contributed by atoms with E-state index in [0.717, 1.165) is 17.5 Å². The molecule has 0 aromatic heterocycles. The Labute approximate surface area is 119 Å². The van der Waals surface area contributed by atoms with Crippen molar-refractivity contribution in [3.05, 3.63) is 90.0 Å². The molecule has 2 rings (SSSR count). The minimum absolute atomic E-state index is 0.187. The van der Waals surface area contributed by atoms with Gasteiger partial charge in [-0.25, -0.2) is 8.78 Å². The summed E-state index contributed by atoms with van der Waals surface area (Å²) in [6.07, 6.45) is 6.46. The van der Waals surface area contributed by atoms with E-state index in [9.17, 15) is 8.78 Å². The lowest BCUT2D eigenvalue weighted by molar-refractivity contribution is 0.627. The highest BCUT2D eigenvalue weighted by molar-refractivity contribution is 5.48. The van der Waals surface area contributed by atoms with Crippen molar-refractivity contribution < 1.29 is 8.78 Å². The monoisotopic (exact) mass is 272 g/mol. The maximum absolute atomic E-state index is 12.3. The highest BCUT2D eigenvalue weighted by Crippen LogP contribution is 2.04. The summed E-state index contributed by atoms with van der Waals surface area (Å²) < 4.78 is 24.6. The van der Waals surface area contributed by atoms with Gasteiger partial charge in [0, 0.05) is 0 Å². The predicted octanol–water partition coefficient (Wildman–Crippen LogP) is 5.41. The summed E-state index contributed by atoms with van der Waals surface area (Å²) in [5.41, 5.74) is 2.13. The minimum atomic E-state index is -0.187. The Kier molecular flexibility index (Phi) is 6.97. The third-order valence-corrected chi connectivity index (χ3v) is 2.52. The molecule has 0 spiro atoms. The molecule has 0 saturated heterocycles. The van der Waals surface area contributed by atoms with E-state index in [1.54, 1.807) is 30.3 Å². The summed E-state index contributed by atoms with van der Waals surface area (Å²) in [6, 6.07) is 12.8. The van der Waals surface area contributed by atoms with Gasteiger partial charge >= 0.3 is 0 Å². The lowest BCUT2D eigenvalue weighted by atomic mass is 10.1. The van der Waals surface area contributed by atoms with Gasteiger partial charge in [-0.2, -0.15) is 0 Å². The van der Waals surface area contributed by atoms with Crippen LogP contribution in [0.4, 0.5) is 8.78 Å². The maximum atomic E-state index is 12.3. The Morgan fingerprint density at radius 1 is 0.900 bits per heavy atom. The summed E-state index contributed by atoms with van der Waals surface area (Å²) >= 11 is 0. The fraction of sp³-hybridized carbons (Fsp3) is 0.111. The molecule has 20 heavy (non-hydrogen) atoms. The van der Waals surface area contributed by atoms with Gasteiger partial charge in [0.15, 0.2) is 0 Å². The van der Waals surface area contributed by atoms with E-state index in [2.05, 4.69) is 6.58 Å². The maximum Gasteiger partial charge on any atom is 0.123 e. The lowest BCUT2D eigenvalue weighted by Gasteiger charge is -1.93. The average Bonchev–Trinajstić information content (AvgIpc) is 2.45. The van der Waals surface area contributed by atoms with Crippen molar-refractivity contribution in [1.82, 2.24) is 0 Å². The highest BCUT2D eigenvalue weighted by atomic mass is 19.1. The van der Waals surface area contributed by atoms with Gasteiger partial charge in [-0.15, -0.1) is 6.58 Å². The quantitative estimate of drug-likeness (QED) is 0.655. The number of halogens is 2. The molecule has 2 aromatic rings. The van der Waals surface area contributed by atoms with Gasteiger partial charge in [-0.3, -0.25) is 0 Å². The smallest absolute Gasteiger partial charge is 0.123 e. The molecule has 0 fully saturated rings. The standard InChI is InChI=1S/2C9H9F/c2*1-2-3-8-4-6-9(10)7-5-8/h2-7H,1H3;2,4-7H,1,3H2/b3-2+;. The van der Waals surface area contributed by atoms with Crippen LogP contribution in [0.5, 0.6) is 0 Å². The molecule has 0 radical (unpaired) electrons. The highest BCUT2D eigenvalue weighted by Gasteiger charge is 1.89. The molecule has 0 saturated carbocycles. The van der Waals surface area contributed by atoms with Gasteiger partial charge in [-0.05, 0) is 48.7 Å². The Morgan fingerprint density at radius 2 is 1.40 bits per heavy atom. The first kappa shape index (κ1) is 15.8. The van der Waals surface area contributed by atoms with Gasteiger partial charge in [0.25, 0.3) is 0 Å². The van der Waals surface area contributed by atoms with Crippen LogP contribution in [0, 0.1) is 11.6 Å². The van der Waals surface area contributed by atoms with Gasteiger partial charge in [0.2, 0.25) is 0 Å². The molecule has 0 N–H and O–H groups in total. The Bertz CT molecular complexity index is 537. The van der Waals surface area contributed by atoms with Crippen LogP contribution in [0.1, 0.15) is 18.1 Å². The van der Waals surface area contributed by atoms with E-state index < -0.39 is 0 Å². The van der Waals surface area contributed by atoms with E-state index >= 15 is 0 Å². The molecule has 2 aromatic carbocycles. The Balaban J connectivity index is 0.000000200. The second-order valence-electron chi connectivity index (χ2n) is 4.17. The first-order valence-electron chi connectivity index (χ1n) is 6.39. The van der Waals surface area contributed by atoms with Gasteiger partial charge < -0.3 is 0 Å². The molecule has 104 valence electrons. The van der Waals surface area contributed by atoms with Crippen LogP contribution >= 0.6 is 0 Å². The number of allylic oxidation sites excluding steroid dienone is 2. The average molecular weight is 272 g/mol. The van der Waals surface area contributed by atoms with Crippen molar-refractivity contribution >= 4 is 6.08 Å². The Morgan fingerprint density at radius 3 is 1.85 bits per heavy atom. The molecule has 0 bridgehead atoms. The van der Waals surface area contributed by atoms with Crippen molar-refractivity contribution in [2.45, 2.75) is 13.3 Å². The SMILES string of the molecule is C/C=C/c1ccc(F)cc1.C=CCc1ccc(F)cc1. The van der Waals surface area contributed by atoms with Crippen LogP contribution in [0.25, 0.3) is 6.08 Å². The van der Waals surface area contributed by atoms with Crippen LogP contribution in [0.2, 0.25) is 0 Å². The van der Waals surface area contributed by atoms with Gasteiger partial charge in [0.05, 0.1) is 0 Å². The summed E-state index contributed by atoms with van der Waals surface area (Å²) in [6.45, 7) is 5.52. The van der Waals surface area contributed by atoms with E-state index in [4.69, 9.17) is 0 Å². The summed E-state index contributed by atoms with van der Waals surface area (Å²) in [4.78, 5) is 0. The molecule has 0 atom stereocenters. The van der Waals surface area contributed by atoms with Crippen LogP contribution in [-0.2, 0) is 6.42 Å². The molecule has 0 aliphatic heterocycles. The van der Waals surface area contributed by atoms with E-state index in [1.165, 1.54) is 24.3 Å². The molecule has 0 unspecified atom stereocenters. The minimum Gasteiger partial charge on any atom is -0.207 e. The second kappa shape index (κ2) is 8.81. The van der Waals surface area contributed by atoms with Crippen LogP contribution in [0.3, 0.4) is 0 Å². The Hall–Kier alpha value is -2.22. The van der Waals surface area contributed by atoms with Crippen molar-refractivity contribution in [2.75, 3.05) is 0 Å². The zero-order chi connectivity index (χ0) is 14.8. The molecular formula is C18H18F2. The van der Waals surface area contributed by atoms with E-state index in [1.807, 2.05) is 19.1 Å². The predicted molar refractivity (Wildman–Crippen MR) is 81.4 cm³/mol. The van der Waals surface area contributed by atoms with E-state index in [0.29, 0.717) is 0 Å². The summed E-state index contributed by atoms with van der Waals surface area (Å²) in [7, 11) is 0. The topological polar surface area (TPSA) is 0 Å². The third kappa shape index (κ3) is 6.10. The molecule has 0 heterocycles. The lowest BCUT2D eigenvalue weighted by Crippen LogP contribution is -1.79. The van der Waals surface area contributed by atoms with Crippen molar-refractivity contribution in [2.24, 2.45) is 0 Å². The first-order valence-corrected chi connectivity index (χ1v) is 6.39. The van der Waals surface area contributed by atoms with Gasteiger partial charge in [-0.1, -0.05) is 42.5 Å². The van der Waals surface area contributed by atoms with Crippen LogP contribution in [-0.4, -0.2) is 0 Å². The van der Waals surface area contributed by atoms with Crippen molar-refractivity contribution in [3.63, 3.8) is 0 Å². The molecule has 0 amide bonds. The van der Waals surface area contributed by atoms with Gasteiger partial charge in [0.1, 0.15) is 11.6 Å². The molecule has 0 aliphatic carbocycles. The number of benzene rings is 2. The molecule has 2 heteroatoms. The largest absolute Gasteiger partial charge is 0.207 e. The molecule has 0 aliphatic rings. The fourth-order valence-electron chi connectivity index (χ4n) is 1.55. The third-order valence-electron chi connectivity index (χ3n) is 2.52. The van der Waals surface area contributed by atoms with Crippen LogP contribution < -0.4 is 0 Å². The zero-order valence-electron chi connectivity index (χ0n) is 11.5. The van der Waals surface area contributed by atoms with Crippen molar-refractivity contribution in [3.8, 4) is 0 Å². The summed E-state index contributed by atoms with van der Waals surface area (Å²) in [5, 5.41) is 0. The molecule has 0 nitrogen and oxygen atoms in total. The fourth-order valence-corrected chi connectivity index (χ4v) is 1.55. The van der Waals surface area contributed by atoms with E-state index in [-0.39, 0.29) is 11.6 Å². The zero-order valence-corrected chi connectivity index (χ0v) is 11.5. The normalized spacial score (nSPS) is 9.95. The van der Waals surface area contributed by atoms with Crippen LogP contribution in [0.15, 0.2) is 67.3 Å². The molecular weight excluding hydrogens is 254 g/mol. The second-order valence-corrected chi connectivity index (χ2v) is 4.17. The summed E-state index contributed by atoms with van der Waals surface area (Å²) in [5.74, 6) is -0.374. The van der Waals surface area contributed by atoms with Crippen molar-refractivity contribution in [1.29, 1.82) is 0 Å².